The molecule has 2 N–H and O–H groups in total. The summed E-state index contributed by atoms with van der Waals surface area (Å²) >= 11 is 0. The third-order valence-electron chi connectivity index (χ3n) is 4.34. The normalized spacial score (nSPS) is 22.8. The van der Waals surface area contributed by atoms with Gasteiger partial charge in [0.2, 0.25) is 0 Å². The van der Waals surface area contributed by atoms with Crippen LogP contribution in [0.3, 0.4) is 0 Å². The van der Waals surface area contributed by atoms with Crippen LogP contribution in [-0.2, 0) is 12.0 Å². The van der Waals surface area contributed by atoms with Crippen molar-refractivity contribution in [3.63, 3.8) is 0 Å². The van der Waals surface area contributed by atoms with Crippen molar-refractivity contribution in [1.82, 2.24) is 5.32 Å². The number of piperidine rings is 1. The number of rotatable bonds is 4. The first-order valence-electron chi connectivity index (χ1n) is 7.20. The fourth-order valence-corrected chi connectivity index (χ4v) is 2.94. The van der Waals surface area contributed by atoms with Crippen LogP contribution in [0.1, 0.15) is 37.8 Å². The second-order valence-corrected chi connectivity index (χ2v) is 5.57. The summed E-state index contributed by atoms with van der Waals surface area (Å²) in [6, 6.07) is 6.05. The first-order chi connectivity index (χ1) is 9.09. The molecule has 0 spiro atoms. The van der Waals surface area contributed by atoms with Gasteiger partial charge in [-0.1, -0.05) is 13.0 Å². The van der Waals surface area contributed by atoms with Crippen molar-refractivity contribution in [1.29, 1.82) is 0 Å². The molecule has 2 atom stereocenters. The Hall–Kier alpha value is -1.06. The highest BCUT2D eigenvalue weighted by Gasteiger charge is 2.34. The smallest absolute Gasteiger partial charge is 0.122 e. The summed E-state index contributed by atoms with van der Waals surface area (Å²) in [5.41, 5.74) is 1.38. The number of aliphatic hydroxyl groups is 1. The van der Waals surface area contributed by atoms with Gasteiger partial charge in [0, 0.05) is 12.5 Å². The second kappa shape index (κ2) is 5.93. The first kappa shape index (κ1) is 14.4. The third kappa shape index (κ3) is 2.93. The molecule has 19 heavy (non-hydrogen) atoms. The van der Waals surface area contributed by atoms with E-state index in [1.54, 1.807) is 7.11 Å². The number of ether oxygens (including phenoxy) is 1. The Bertz CT molecular complexity index is 423. The molecule has 3 heteroatoms. The van der Waals surface area contributed by atoms with Crippen LogP contribution in [0.5, 0.6) is 5.75 Å². The van der Waals surface area contributed by atoms with Crippen LogP contribution in [0, 0.1) is 5.92 Å². The number of hydrogen-bond donors (Lipinski definition) is 2. The maximum Gasteiger partial charge on any atom is 0.122 e. The second-order valence-electron chi connectivity index (χ2n) is 5.57. The Morgan fingerprint density at radius 2 is 2.26 bits per heavy atom. The summed E-state index contributed by atoms with van der Waals surface area (Å²) in [5, 5.41) is 14.3. The van der Waals surface area contributed by atoms with Gasteiger partial charge < -0.3 is 15.2 Å². The van der Waals surface area contributed by atoms with E-state index in [1.807, 2.05) is 19.1 Å². The number of benzene rings is 1. The number of aryl methyl sites for hydroxylation is 1. The molecule has 0 bridgehead atoms. The average molecular weight is 263 g/mol. The van der Waals surface area contributed by atoms with Crippen LogP contribution in [-0.4, -0.2) is 25.3 Å². The molecule has 0 saturated carbocycles. The van der Waals surface area contributed by atoms with Crippen molar-refractivity contribution >= 4 is 0 Å². The van der Waals surface area contributed by atoms with E-state index in [-0.39, 0.29) is 5.92 Å². The van der Waals surface area contributed by atoms with E-state index in [0.717, 1.165) is 49.2 Å². The lowest BCUT2D eigenvalue weighted by molar-refractivity contribution is -0.0157. The molecule has 0 radical (unpaired) electrons. The number of hydrogen-bond acceptors (Lipinski definition) is 3. The zero-order valence-electron chi connectivity index (χ0n) is 12.2. The van der Waals surface area contributed by atoms with Gasteiger partial charge in [0.25, 0.3) is 0 Å². The highest BCUT2D eigenvalue weighted by atomic mass is 16.5. The highest BCUT2D eigenvalue weighted by molar-refractivity contribution is 5.39. The van der Waals surface area contributed by atoms with Crippen LogP contribution in [0.15, 0.2) is 18.2 Å². The Kier molecular flexibility index (Phi) is 4.48. The van der Waals surface area contributed by atoms with Gasteiger partial charge in [0.15, 0.2) is 0 Å². The van der Waals surface area contributed by atoms with Crippen molar-refractivity contribution in [2.24, 2.45) is 5.92 Å². The van der Waals surface area contributed by atoms with E-state index in [2.05, 4.69) is 18.3 Å². The lowest BCUT2D eigenvalue weighted by Gasteiger charge is -2.36. The molecule has 0 aromatic heterocycles. The van der Waals surface area contributed by atoms with Gasteiger partial charge in [-0.05, 0) is 56.0 Å². The van der Waals surface area contributed by atoms with Crippen molar-refractivity contribution in [3.8, 4) is 5.75 Å². The van der Waals surface area contributed by atoms with Crippen LogP contribution >= 0.6 is 0 Å². The van der Waals surface area contributed by atoms with E-state index < -0.39 is 5.60 Å². The van der Waals surface area contributed by atoms with Crippen molar-refractivity contribution in [2.75, 3.05) is 20.2 Å². The van der Waals surface area contributed by atoms with E-state index in [1.165, 1.54) is 0 Å². The molecule has 2 rings (SSSR count). The number of methoxy groups -OCH3 is 1. The fourth-order valence-electron chi connectivity index (χ4n) is 2.94. The van der Waals surface area contributed by atoms with Crippen molar-refractivity contribution in [3.05, 3.63) is 29.3 Å². The first-order valence-corrected chi connectivity index (χ1v) is 7.20. The van der Waals surface area contributed by atoms with E-state index >= 15 is 0 Å². The summed E-state index contributed by atoms with van der Waals surface area (Å²) in [7, 11) is 1.69. The molecular formula is C16H25NO2. The third-order valence-corrected chi connectivity index (χ3v) is 4.34. The molecule has 0 amide bonds. The van der Waals surface area contributed by atoms with E-state index in [0.29, 0.717) is 0 Å². The predicted molar refractivity (Wildman–Crippen MR) is 77.5 cm³/mol. The largest absolute Gasteiger partial charge is 0.496 e. The quantitative estimate of drug-likeness (QED) is 0.877. The Morgan fingerprint density at radius 3 is 2.84 bits per heavy atom. The van der Waals surface area contributed by atoms with Crippen LogP contribution in [0.25, 0.3) is 0 Å². The molecular weight excluding hydrogens is 238 g/mol. The SMILES string of the molecule is CCc1cc(C(C)(O)C2CCCNC2)ccc1OC. The zero-order chi connectivity index (χ0) is 13.9. The predicted octanol–water partition coefficient (Wildman–Crippen LogP) is 2.46. The molecule has 1 fully saturated rings. The van der Waals surface area contributed by atoms with E-state index in [9.17, 15) is 5.11 Å². The molecule has 1 saturated heterocycles. The standard InChI is InChI=1S/C16H25NO2/c1-4-12-10-13(7-8-15(12)19-3)16(2,18)14-6-5-9-17-11-14/h7-8,10,14,17-18H,4-6,9,11H2,1-3H3. The molecule has 0 aliphatic carbocycles. The summed E-state index contributed by atoms with van der Waals surface area (Å²) in [6.45, 7) is 6.00. The molecule has 106 valence electrons. The van der Waals surface area contributed by atoms with Crippen LogP contribution < -0.4 is 10.1 Å². The summed E-state index contributed by atoms with van der Waals surface area (Å²) in [4.78, 5) is 0. The van der Waals surface area contributed by atoms with Gasteiger partial charge in [0.05, 0.1) is 12.7 Å². The number of nitrogens with one attached hydrogen (secondary N) is 1. The Balaban J connectivity index is 2.28. The van der Waals surface area contributed by atoms with Crippen LogP contribution in [0.4, 0.5) is 0 Å². The minimum absolute atomic E-state index is 0.277. The minimum atomic E-state index is -0.774. The van der Waals surface area contributed by atoms with Gasteiger partial charge in [-0.25, -0.2) is 0 Å². The molecule has 1 aliphatic rings. The summed E-state index contributed by atoms with van der Waals surface area (Å²) < 4.78 is 5.36. The van der Waals surface area contributed by atoms with E-state index in [4.69, 9.17) is 4.74 Å². The maximum absolute atomic E-state index is 10.9. The van der Waals surface area contributed by atoms with Gasteiger partial charge in [-0.3, -0.25) is 0 Å². The van der Waals surface area contributed by atoms with Crippen LogP contribution in [0.2, 0.25) is 0 Å². The van der Waals surface area contributed by atoms with Gasteiger partial charge in [-0.2, -0.15) is 0 Å². The molecule has 1 heterocycles. The monoisotopic (exact) mass is 263 g/mol. The highest BCUT2D eigenvalue weighted by Crippen LogP contribution is 2.35. The lowest BCUT2D eigenvalue weighted by atomic mass is 9.78. The van der Waals surface area contributed by atoms with Crippen molar-refractivity contribution < 1.29 is 9.84 Å². The molecule has 1 aromatic rings. The maximum atomic E-state index is 10.9. The lowest BCUT2D eigenvalue weighted by Crippen LogP contribution is -2.42. The Morgan fingerprint density at radius 1 is 1.47 bits per heavy atom. The Labute approximate surface area is 116 Å². The minimum Gasteiger partial charge on any atom is -0.496 e. The molecule has 3 nitrogen and oxygen atoms in total. The average Bonchev–Trinajstić information content (AvgIpc) is 2.47. The van der Waals surface area contributed by atoms with Gasteiger partial charge >= 0.3 is 0 Å². The summed E-state index contributed by atoms with van der Waals surface area (Å²) in [5.74, 6) is 1.18. The molecule has 1 aliphatic heterocycles. The fraction of sp³-hybridized carbons (Fsp3) is 0.625. The topological polar surface area (TPSA) is 41.5 Å². The van der Waals surface area contributed by atoms with Gasteiger partial charge in [0.1, 0.15) is 5.75 Å². The summed E-state index contributed by atoms with van der Waals surface area (Å²) in [6.07, 6.45) is 3.13. The molecule has 2 unspecified atom stereocenters. The molecule has 1 aromatic carbocycles. The zero-order valence-corrected chi connectivity index (χ0v) is 12.2. The van der Waals surface area contributed by atoms with Crippen molar-refractivity contribution in [2.45, 2.75) is 38.7 Å². The van der Waals surface area contributed by atoms with Gasteiger partial charge in [-0.15, -0.1) is 0 Å².